The summed E-state index contributed by atoms with van der Waals surface area (Å²) in [7, 11) is 0. The van der Waals surface area contributed by atoms with Gasteiger partial charge in [-0.15, -0.1) is 0 Å². The SMILES string of the molecule is [SeH]c1c(-c2cccc(-c3ccccc3)c2)cccc1-c1ccc2cc(-c3nc(-c4ccccc4)nc(-c4ccccc4)n3)ccc2c1. The Kier molecular flexibility index (Phi) is 7.72. The summed E-state index contributed by atoms with van der Waals surface area (Å²) < 4.78 is 1.20. The molecule has 0 saturated heterocycles. The van der Waals surface area contributed by atoms with Crippen LogP contribution in [0, 0.1) is 0 Å². The fraction of sp³-hybridized carbons (Fsp3) is 0. The summed E-state index contributed by atoms with van der Waals surface area (Å²) in [4.78, 5) is 14.7. The van der Waals surface area contributed by atoms with Crippen LogP contribution >= 0.6 is 0 Å². The first-order valence-electron chi connectivity index (χ1n) is 15.6. The van der Waals surface area contributed by atoms with E-state index in [1.54, 1.807) is 0 Å². The van der Waals surface area contributed by atoms with Gasteiger partial charge in [-0.25, -0.2) is 0 Å². The van der Waals surface area contributed by atoms with Gasteiger partial charge < -0.3 is 0 Å². The van der Waals surface area contributed by atoms with E-state index >= 15 is 0 Å². The van der Waals surface area contributed by atoms with E-state index in [-0.39, 0.29) is 0 Å². The third kappa shape index (κ3) is 5.89. The second-order valence-electron chi connectivity index (χ2n) is 11.5. The number of hydrogen-bond donors (Lipinski definition) is 0. The fourth-order valence-electron chi connectivity index (χ4n) is 6.00. The van der Waals surface area contributed by atoms with Crippen LogP contribution in [0.2, 0.25) is 0 Å². The molecule has 1 aromatic heterocycles. The third-order valence-electron chi connectivity index (χ3n) is 8.43. The molecule has 47 heavy (non-hydrogen) atoms. The minimum absolute atomic E-state index is 0.655. The molecule has 0 atom stereocenters. The summed E-state index contributed by atoms with van der Waals surface area (Å²) in [6.07, 6.45) is 0. The van der Waals surface area contributed by atoms with Crippen LogP contribution in [-0.2, 0) is 0 Å². The van der Waals surface area contributed by atoms with Crippen molar-refractivity contribution in [1.82, 2.24) is 15.0 Å². The van der Waals surface area contributed by atoms with Crippen LogP contribution in [0.4, 0.5) is 0 Å². The van der Waals surface area contributed by atoms with Gasteiger partial charge in [0.25, 0.3) is 0 Å². The first-order valence-corrected chi connectivity index (χ1v) is 16.5. The summed E-state index contributed by atoms with van der Waals surface area (Å²) in [6.45, 7) is 0. The molecule has 0 spiro atoms. The van der Waals surface area contributed by atoms with E-state index in [9.17, 15) is 0 Å². The van der Waals surface area contributed by atoms with Crippen molar-refractivity contribution in [2.45, 2.75) is 0 Å². The molecule has 0 aliphatic heterocycles. The molecule has 0 radical (unpaired) electrons. The number of hydrogen-bond acceptors (Lipinski definition) is 3. The van der Waals surface area contributed by atoms with Gasteiger partial charge in [0.2, 0.25) is 0 Å². The van der Waals surface area contributed by atoms with Gasteiger partial charge >= 0.3 is 223 Å². The normalized spacial score (nSPS) is 11.1. The predicted octanol–water partition coefficient (Wildman–Crippen LogP) is 9.55. The second kappa shape index (κ2) is 12.6. The summed E-state index contributed by atoms with van der Waals surface area (Å²) in [6, 6.07) is 59.2. The first kappa shape index (κ1) is 28.8. The zero-order valence-corrected chi connectivity index (χ0v) is 27.3. The minimum atomic E-state index is 0.655. The van der Waals surface area contributed by atoms with Crippen molar-refractivity contribution in [3.63, 3.8) is 0 Å². The molecular formula is C43H29N3Se. The number of rotatable bonds is 6. The molecule has 4 heteroatoms. The van der Waals surface area contributed by atoms with Crippen LogP contribution in [-0.4, -0.2) is 31.0 Å². The average Bonchev–Trinajstić information content (AvgIpc) is 3.15. The standard InChI is InChI=1S/C43H29N3Se/c47-40-38(35-19-10-18-32(26-35)29-12-4-1-5-13-29)20-11-21-39(40)36-24-22-34-28-37(25-23-33(34)27-36)43-45-41(30-14-6-2-7-15-30)44-42(46-43)31-16-8-3-9-17-31/h1-28,47H. The summed E-state index contributed by atoms with van der Waals surface area (Å²) in [5, 5.41) is 2.29. The Bertz CT molecular complexity index is 2300. The van der Waals surface area contributed by atoms with E-state index in [4.69, 9.17) is 15.0 Å². The maximum absolute atomic E-state index is 4.92. The molecule has 0 aliphatic carbocycles. The molecule has 8 rings (SSSR count). The van der Waals surface area contributed by atoms with Crippen molar-refractivity contribution in [3.05, 3.63) is 170 Å². The van der Waals surface area contributed by atoms with Crippen molar-refractivity contribution in [3.8, 4) is 67.5 Å². The molecule has 3 nitrogen and oxygen atoms in total. The van der Waals surface area contributed by atoms with Gasteiger partial charge in [0, 0.05) is 0 Å². The zero-order chi connectivity index (χ0) is 31.6. The van der Waals surface area contributed by atoms with Crippen molar-refractivity contribution >= 4 is 31.2 Å². The first-order chi connectivity index (χ1) is 23.2. The van der Waals surface area contributed by atoms with Crippen molar-refractivity contribution in [2.24, 2.45) is 0 Å². The van der Waals surface area contributed by atoms with E-state index < -0.39 is 0 Å². The van der Waals surface area contributed by atoms with Crippen LogP contribution in [0.25, 0.3) is 78.3 Å². The van der Waals surface area contributed by atoms with Gasteiger partial charge in [-0.3, -0.25) is 0 Å². The number of nitrogens with zero attached hydrogens (tertiary/aromatic N) is 3. The predicted molar refractivity (Wildman–Crippen MR) is 197 cm³/mol. The second-order valence-corrected chi connectivity index (χ2v) is 12.4. The number of aromatic nitrogens is 3. The Balaban J connectivity index is 1.16. The van der Waals surface area contributed by atoms with E-state index in [0.29, 0.717) is 17.5 Å². The molecule has 0 unspecified atom stereocenters. The van der Waals surface area contributed by atoms with E-state index in [1.165, 1.54) is 37.8 Å². The van der Waals surface area contributed by atoms with Crippen molar-refractivity contribution in [2.75, 3.05) is 0 Å². The van der Waals surface area contributed by atoms with Gasteiger partial charge in [0.05, 0.1) is 0 Å². The van der Waals surface area contributed by atoms with Gasteiger partial charge in [-0.05, 0) is 0 Å². The quantitative estimate of drug-likeness (QED) is 0.166. The molecule has 0 amide bonds. The van der Waals surface area contributed by atoms with Gasteiger partial charge in [0.15, 0.2) is 0 Å². The van der Waals surface area contributed by atoms with Gasteiger partial charge in [0.1, 0.15) is 0 Å². The van der Waals surface area contributed by atoms with Gasteiger partial charge in [-0.1, -0.05) is 60.7 Å². The molecule has 222 valence electrons. The fourth-order valence-corrected chi connectivity index (χ4v) is 6.85. The maximum atomic E-state index is 4.92. The topological polar surface area (TPSA) is 38.7 Å². The molecule has 8 aromatic rings. The Morgan fingerprint density at radius 3 is 1.28 bits per heavy atom. The number of benzene rings is 7. The third-order valence-corrected chi connectivity index (χ3v) is 9.44. The van der Waals surface area contributed by atoms with Crippen LogP contribution in [0.5, 0.6) is 0 Å². The summed E-state index contributed by atoms with van der Waals surface area (Å²) in [5.41, 5.74) is 10.1. The van der Waals surface area contributed by atoms with Crippen LogP contribution in [0.15, 0.2) is 170 Å². The molecule has 0 aliphatic rings. The van der Waals surface area contributed by atoms with E-state index in [2.05, 4.69) is 125 Å². The zero-order valence-electron chi connectivity index (χ0n) is 25.5. The molecule has 0 fully saturated rings. The van der Waals surface area contributed by atoms with Crippen LogP contribution in [0.3, 0.4) is 0 Å². The molecule has 0 bridgehead atoms. The van der Waals surface area contributed by atoms with E-state index in [0.717, 1.165) is 27.5 Å². The Labute approximate surface area is 282 Å². The van der Waals surface area contributed by atoms with E-state index in [1.807, 2.05) is 60.7 Å². The Hall–Kier alpha value is -5.67. The Morgan fingerprint density at radius 1 is 0.298 bits per heavy atom. The Morgan fingerprint density at radius 2 is 0.702 bits per heavy atom. The molecule has 0 saturated carbocycles. The number of fused-ring (bicyclic) bond motifs is 1. The molecule has 1 heterocycles. The monoisotopic (exact) mass is 667 g/mol. The molecular weight excluding hydrogens is 637 g/mol. The average molecular weight is 667 g/mol. The molecule has 7 aromatic carbocycles. The summed E-state index contributed by atoms with van der Waals surface area (Å²) >= 11 is 2.81. The molecule has 0 N–H and O–H groups in total. The van der Waals surface area contributed by atoms with Crippen molar-refractivity contribution < 1.29 is 0 Å². The van der Waals surface area contributed by atoms with Crippen LogP contribution < -0.4 is 4.46 Å². The van der Waals surface area contributed by atoms with Gasteiger partial charge in [-0.2, -0.15) is 0 Å². The summed E-state index contributed by atoms with van der Waals surface area (Å²) in [5.74, 6) is 1.97. The van der Waals surface area contributed by atoms with Crippen LogP contribution in [0.1, 0.15) is 0 Å². The van der Waals surface area contributed by atoms with Crippen molar-refractivity contribution in [1.29, 1.82) is 0 Å².